The Morgan fingerprint density at radius 3 is 2.50 bits per heavy atom. The van der Waals surface area contributed by atoms with E-state index in [1.165, 1.54) is 0 Å². The zero-order valence-corrected chi connectivity index (χ0v) is 13.8. The molecule has 140 valence electrons. The SMILES string of the molecule is O=C(NCCO)Oc1[nH]c(C(O)c2ccccc2)c(O)c(=O)c1CCO. The number of carbonyl (C=O) groups excluding carboxylic acids is 1. The second-order valence-corrected chi connectivity index (χ2v) is 5.35. The van der Waals surface area contributed by atoms with E-state index in [0.29, 0.717) is 5.56 Å². The molecule has 0 aliphatic carbocycles. The monoisotopic (exact) mass is 364 g/mol. The molecule has 0 bridgehead atoms. The second-order valence-electron chi connectivity index (χ2n) is 5.35. The Balaban J connectivity index is 2.46. The fourth-order valence-corrected chi connectivity index (χ4v) is 2.34. The van der Waals surface area contributed by atoms with Gasteiger partial charge in [-0.2, -0.15) is 0 Å². The Labute approximate surface area is 148 Å². The molecule has 0 fully saturated rings. The van der Waals surface area contributed by atoms with E-state index in [9.17, 15) is 19.8 Å². The number of H-pyrrole nitrogens is 1. The molecule has 1 aromatic carbocycles. The van der Waals surface area contributed by atoms with Gasteiger partial charge in [-0.1, -0.05) is 30.3 Å². The number of pyridine rings is 1. The molecule has 1 heterocycles. The molecule has 1 atom stereocenters. The van der Waals surface area contributed by atoms with Crippen LogP contribution in [0.3, 0.4) is 0 Å². The number of aromatic amines is 1. The number of nitrogens with one attached hydrogen (secondary N) is 2. The number of hydrogen-bond donors (Lipinski definition) is 6. The van der Waals surface area contributed by atoms with Gasteiger partial charge in [-0.3, -0.25) is 4.79 Å². The van der Waals surface area contributed by atoms with Crippen molar-refractivity contribution in [1.29, 1.82) is 0 Å². The Morgan fingerprint density at radius 2 is 1.88 bits per heavy atom. The summed E-state index contributed by atoms with van der Waals surface area (Å²) in [7, 11) is 0. The standard InChI is InChI=1S/C17H20N2O7/c20-8-6-11-14(23)15(24)12(13(22)10-4-2-1-3-5-10)19-16(11)26-17(25)18-7-9-21/h1-5,13,20-22,24H,6-9H2,(H,18,25)(H,19,23). The van der Waals surface area contributed by atoms with Crippen LogP contribution in [0.1, 0.15) is 22.9 Å². The lowest BCUT2D eigenvalue weighted by molar-refractivity contribution is 0.189. The molecule has 1 amide bonds. The number of carbonyl (C=O) groups is 1. The highest BCUT2D eigenvalue weighted by Gasteiger charge is 2.24. The molecule has 1 unspecified atom stereocenters. The van der Waals surface area contributed by atoms with Crippen LogP contribution < -0.4 is 15.5 Å². The molecule has 0 aliphatic rings. The van der Waals surface area contributed by atoms with Gasteiger partial charge in [0.1, 0.15) is 6.10 Å². The summed E-state index contributed by atoms with van der Waals surface area (Å²) in [5, 5.41) is 40.7. The van der Waals surface area contributed by atoms with E-state index < -0.39 is 30.0 Å². The van der Waals surface area contributed by atoms with Crippen LogP contribution in [0.5, 0.6) is 11.6 Å². The summed E-state index contributed by atoms with van der Waals surface area (Å²) in [5.41, 5.74) is -0.849. The molecule has 0 aliphatic heterocycles. The van der Waals surface area contributed by atoms with E-state index in [1.54, 1.807) is 30.3 Å². The van der Waals surface area contributed by atoms with Crippen LogP contribution in [0.25, 0.3) is 0 Å². The summed E-state index contributed by atoms with van der Waals surface area (Å²) >= 11 is 0. The van der Waals surface area contributed by atoms with Gasteiger partial charge in [0.15, 0.2) is 5.75 Å². The smallest absolute Gasteiger partial charge is 0.413 e. The number of aliphatic hydroxyl groups is 3. The average Bonchev–Trinajstić information content (AvgIpc) is 2.66. The van der Waals surface area contributed by atoms with Crippen LogP contribution in [0.2, 0.25) is 0 Å². The topological polar surface area (TPSA) is 152 Å². The summed E-state index contributed by atoms with van der Waals surface area (Å²) in [5.74, 6) is -1.03. The quantitative estimate of drug-likeness (QED) is 0.397. The van der Waals surface area contributed by atoms with E-state index in [0.717, 1.165) is 0 Å². The zero-order chi connectivity index (χ0) is 19.1. The summed E-state index contributed by atoms with van der Waals surface area (Å²) < 4.78 is 5.01. The average molecular weight is 364 g/mol. The lowest BCUT2D eigenvalue weighted by Crippen LogP contribution is -2.31. The minimum Gasteiger partial charge on any atom is -0.503 e. The summed E-state index contributed by atoms with van der Waals surface area (Å²) in [6, 6.07) is 8.28. The fraction of sp³-hybridized carbons (Fsp3) is 0.294. The van der Waals surface area contributed by atoms with Crippen molar-refractivity contribution < 1.29 is 30.0 Å². The maximum atomic E-state index is 12.4. The van der Waals surface area contributed by atoms with Crippen LogP contribution in [0.4, 0.5) is 4.79 Å². The van der Waals surface area contributed by atoms with Gasteiger partial charge in [0.2, 0.25) is 11.3 Å². The number of amides is 1. The van der Waals surface area contributed by atoms with E-state index in [1.807, 2.05) is 0 Å². The van der Waals surface area contributed by atoms with Crippen molar-refractivity contribution in [2.75, 3.05) is 19.8 Å². The van der Waals surface area contributed by atoms with Gasteiger partial charge in [-0.25, -0.2) is 4.79 Å². The summed E-state index contributed by atoms with van der Waals surface area (Å²) in [6.45, 7) is -0.781. The largest absolute Gasteiger partial charge is 0.503 e. The maximum Gasteiger partial charge on any atom is 0.413 e. The van der Waals surface area contributed by atoms with Gasteiger partial charge in [-0.15, -0.1) is 0 Å². The Morgan fingerprint density at radius 1 is 1.19 bits per heavy atom. The predicted molar refractivity (Wildman–Crippen MR) is 91.1 cm³/mol. The lowest BCUT2D eigenvalue weighted by atomic mass is 10.0. The highest BCUT2D eigenvalue weighted by Crippen LogP contribution is 2.28. The Kier molecular flexibility index (Phi) is 6.73. The maximum absolute atomic E-state index is 12.4. The molecule has 26 heavy (non-hydrogen) atoms. The Hall–Kier alpha value is -2.88. The van der Waals surface area contributed by atoms with Crippen molar-refractivity contribution >= 4 is 6.09 Å². The normalized spacial score (nSPS) is 11.8. The molecule has 0 radical (unpaired) electrons. The van der Waals surface area contributed by atoms with Crippen LogP contribution in [-0.4, -0.2) is 51.3 Å². The van der Waals surface area contributed by atoms with E-state index in [-0.39, 0.29) is 36.7 Å². The first-order valence-corrected chi connectivity index (χ1v) is 7.88. The third-order valence-corrected chi connectivity index (χ3v) is 3.59. The van der Waals surface area contributed by atoms with Gasteiger partial charge in [0.25, 0.3) is 0 Å². The molecule has 2 aromatic rings. The number of hydrogen-bond acceptors (Lipinski definition) is 7. The predicted octanol–water partition coefficient (Wildman–Crippen LogP) is -0.222. The van der Waals surface area contributed by atoms with Gasteiger partial charge in [0.05, 0.1) is 17.9 Å². The molecule has 0 saturated carbocycles. The molecule has 0 saturated heterocycles. The minimum absolute atomic E-state index is 0.0595. The molecule has 9 heteroatoms. The number of aromatic hydroxyl groups is 1. The van der Waals surface area contributed by atoms with E-state index >= 15 is 0 Å². The number of ether oxygens (including phenoxy) is 1. The number of benzene rings is 1. The molecule has 1 aromatic heterocycles. The number of aliphatic hydroxyl groups excluding tert-OH is 3. The van der Waals surface area contributed by atoms with Crippen molar-refractivity contribution in [3.63, 3.8) is 0 Å². The van der Waals surface area contributed by atoms with Crippen LogP contribution in [0, 0.1) is 0 Å². The van der Waals surface area contributed by atoms with Gasteiger partial charge in [0, 0.05) is 19.6 Å². The van der Waals surface area contributed by atoms with Gasteiger partial charge in [-0.05, 0) is 5.56 Å². The van der Waals surface area contributed by atoms with Crippen molar-refractivity contribution in [3.8, 4) is 11.6 Å². The summed E-state index contributed by atoms with van der Waals surface area (Å²) in [4.78, 5) is 26.7. The van der Waals surface area contributed by atoms with Crippen LogP contribution >= 0.6 is 0 Å². The Bertz CT molecular complexity index is 805. The molecule has 0 spiro atoms. The van der Waals surface area contributed by atoms with Crippen LogP contribution in [-0.2, 0) is 6.42 Å². The molecule has 9 nitrogen and oxygen atoms in total. The first-order valence-electron chi connectivity index (χ1n) is 7.88. The number of rotatable bonds is 7. The highest BCUT2D eigenvalue weighted by molar-refractivity contribution is 5.70. The fourth-order valence-electron chi connectivity index (χ4n) is 2.34. The third-order valence-electron chi connectivity index (χ3n) is 3.59. The lowest BCUT2D eigenvalue weighted by Gasteiger charge is -2.17. The van der Waals surface area contributed by atoms with Crippen molar-refractivity contribution in [2.45, 2.75) is 12.5 Å². The molecule has 2 rings (SSSR count). The second kappa shape index (κ2) is 8.99. The van der Waals surface area contributed by atoms with Crippen molar-refractivity contribution in [2.24, 2.45) is 0 Å². The number of aromatic nitrogens is 1. The highest BCUT2D eigenvalue weighted by atomic mass is 16.6. The molecular weight excluding hydrogens is 344 g/mol. The van der Waals surface area contributed by atoms with Crippen molar-refractivity contribution in [1.82, 2.24) is 10.3 Å². The van der Waals surface area contributed by atoms with Crippen LogP contribution in [0.15, 0.2) is 35.1 Å². The molecular formula is C17H20N2O7. The zero-order valence-electron chi connectivity index (χ0n) is 13.8. The van der Waals surface area contributed by atoms with Crippen molar-refractivity contribution in [3.05, 3.63) is 57.4 Å². The summed E-state index contributed by atoms with van der Waals surface area (Å²) in [6.07, 6.45) is -2.48. The van der Waals surface area contributed by atoms with Gasteiger partial charge >= 0.3 is 6.09 Å². The van der Waals surface area contributed by atoms with Gasteiger partial charge < -0.3 is 35.5 Å². The first-order chi connectivity index (χ1) is 12.5. The first kappa shape index (κ1) is 19.4. The van der Waals surface area contributed by atoms with E-state index in [4.69, 9.17) is 14.9 Å². The molecule has 6 N–H and O–H groups in total. The third kappa shape index (κ3) is 4.39. The minimum atomic E-state index is -1.37. The van der Waals surface area contributed by atoms with E-state index in [2.05, 4.69) is 10.3 Å².